The highest BCUT2D eigenvalue weighted by Crippen LogP contribution is 2.25. The van der Waals surface area contributed by atoms with Crippen molar-refractivity contribution in [1.82, 2.24) is 4.57 Å². The molecule has 0 aliphatic carbocycles. The number of aromatic nitrogens is 2. The van der Waals surface area contributed by atoms with E-state index in [4.69, 9.17) is 0 Å². The standard InChI is InChI=1S/C18H25N2/c1-7-8-19-9-10-20(12-19)11-18-16(5)14(3)13(2)15(4)17(18)6/h7,9-10,12H,1,8,11H2,2-6H3/q+1. The molecule has 0 aliphatic heterocycles. The molecule has 0 aliphatic rings. The van der Waals surface area contributed by atoms with E-state index in [2.05, 4.69) is 69.1 Å². The third-order valence-corrected chi connectivity index (χ3v) is 4.58. The predicted octanol–water partition coefficient (Wildman–Crippen LogP) is 3.55. The predicted molar refractivity (Wildman–Crippen MR) is 84.1 cm³/mol. The fraction of sp³-hybridized carbons (Fsp3) is 0.389. The molecule has 0 N–H and O–H groups in total. The molecule has 0 saturated carbocycles. The van der Waals surface area contributed by atoms with Gasteiger partial charge in [-0.3, -0.25) is 0 Å². The summed E-state index contributed by atoms with van der Waals surface area (Å²) in [7, 11) is 0. The molecule has 20 heavy (non-hydrogen) atoms. The molecular weight excluding hydrogens is 244 g/mol. The van der Waals surface area contributed by atoms with E-state index in [1.165, 1.54) is 33.4 Å². The Morgan fingerprint density at radius 1 is 1.00 bits per heavy atom. The third kappa shape index (κ3) is 2.55. The minimum atomic E-state index is 0.858. The van der Waals surface area contributed by atoms with Crippen LogP contribution in [0.1, 0.15) is 33.4 Å². The molecule has 2 rings (SSSR count). The normalized spacial score (nSPS) is 10.8. The van der Waals surface area contributed by atoms with Gasteiger partial charge in [0, 0.05) is 0 Å². The number of hydrogen-bond donors (Lipinski definition) is 0. The molecule has 2 nitrogen and oxygen atoms in total. The zero-order valence-electron chi connectivity index (χ0n) is 13.3. The van der Waals surface area contributed by atoms with Crippen molar-refractivity contribution >= 4 is 0 Å². The molecule has 1 aromatic carbocycles. The first kappa shape index (κ1) is 14.6. The Hall–Kier alpha value is -1.83. The van der Waals surface area contributed by atoms with E-state index in [9.17, 15) is 0 Å². The Bertz CT molecular complexity index is 619. The lowest BCUT2D eigenvalue weighted by atomic mass is 9.89. The van der Waals surface area contributed by atoms with Gasteiger partial charge in [-0.25, -0.2) is 9.13 Å². The number of imidazole rings is 1. The summed E-state index contributed by atoms with van der Waals surface area (Å²) < 4.78 is 4.39. The summed E-state index contributed by atoms with van der Waals surface area (Å²) in [5.41, 5.74) is 8.58. The fourth-order valence-electron chi connectivity index (χ4n) is 2.79. The van der Waals surface area contributed by atoms with Crippen LogP contribution in [0.15, 0.2) is 31.4 Å². The molecule has 2 aromatic rings. The van der Waals surface area contributed by atoms with Crippen LogP contribution < -0.4 is 4.57 Å². The summed E-state index contributed by atoms with van der Waals surface area (Å²) in [5, 5.41) is 0. The molecule has 1 aromatic heterocycles. The van der Waals surface area contributed by atoms with E-state index in [-0.39, 0.29) is 0 Å². The molecule has 0 saturated heterocycles. The Kier molecular flexibility index (Phi) is 4.12. The van der Waals surface area contributed by atoms with Gasteiger partial charge in [0.1, 0.15) is 25.5 Å². The Morgan fingerprint density at radius 2 is 1.55 bits per heavy atom. The average Bonchev–Trinajstić information content (AvgIpc) is 2.87. The maximum absolute atomic E-state index is 3.78. The van der Waals surface area contributed by atoms with Crippen molar-refractivity contribution in [3.05, 3.63) is 64.8 Å². The Balaban J connectivity index is 2.40. The molecule has 0 bridgehead atoms. The van der Waals surface area contributed by atoms with Gasteiger partial charge >= 0.3 is 0 Å². The first-order valence-electron chi connectivity index (χ1n) is 7.17. The van der Waals surface area contributed by atoms with E-state index < -0.39 is 0 Å². The number of hydrogen-bond acceptors (Lipinski definition) is 0. The number of benzene rings is 1. The van der Waals surface area contributed by atoms with Crippen LogP contribution in [-0.4, -0.2) is 4.57 Å². The van der Waals surface area contributed by atoms with Gasteiger partial charge < -0.3 is 0 Å². The first-order chi connectivity index (χ1) is 9.45. The van der Waals surface area contributed by atoms with E-state index in [1.54, 1.807) is 0 Å². The average molecular weight is 269 g/mol. The SMILES string of the molecule is C=CCn1cc[n+](Cc2c(C)c(C)c(C)c(C)c2C)c1. The lowest BCUT2D eigenvalue weighted by molar-refractivity contribution is -0.687. The van der Waals surface area contributed by atoms with Crippen LogP contribution in [0.3, 0.4) is 0 Å². The summed E-state index contributed by atoms with van der Waals surface area (Å²) in [6.07, 6.45) is 8.29. The summed E-state index contributed by atoms with van der Waals surface area (Å²) in [5.74, 6) is 0. The third-order valence-electron chi connectivity index (χ3n) is 4.58. The lowest BCUT2D eigenvalue weighted by Gasteiger charge is -2.17. The summed E-state index contributed by atoms with van der Waals surface area (Å²) in [6.45, 7) is 16.7. The van der Waals surface area contributed by atoms with E-state index >= 15 is 0 Å². The smallest absolute Gasteiger partial charge is 0.233 e. The highest BCUT2D eigenvalue weighted by Gasteiger charge is 2.14. The monoisotopic (exact) mass is 269 g/mol. The van der Waals surface area contributed by atoms with Crippen molar-refractivity contribution in [1.29, 1.82) is 0 Å². The molecule has 0 spiro atoms. The number of nitrogens with zero attached hydrogens (tertiary/aromatic N) is 2. The van der Waals surface area contributed by atoms with Crippen molar-refractivity contribution < 1.29 is 4.57 Å². The second-order valence-electron chi connectivity index (χ2n) is 5.67. The largest absolute Gasteiger partial charge is 0.244 e. The van der Waals surface area contributed by atoms with Gasteiger partial charge in [0.2, 0.25) is 6.33 Å². The second-order valence-corrected chi connectivity index (χ2v) is 5.67. The van der Waals surface area contributed by atoms with Gasteiger partial charge in [-0.15, -0.1) is 0 Å². The van der Waals surface area contributed by atoms with Crippen molar-refractivity contribution in [3.8, 4) is 0 Å². The summed E-state index contributed by atoms with van der Waals surface area (Å²) in [6, 6.07) is 0. The van der Waals surface area contributed by atoms with E-state index in [0.717, 1.165) is 13.1 Å². The number of rotatable bonds is 4. The minimum absolute atomic E-state index is 0.858. The molecule has 1 heterocycles. The molecular formula is C18H25N2+. The molecule has 106 valence electrons. The van der Waals surface area contributed by atoms with E-state index in [1.807, 2.05) is 6.08 Å². The molecule has 2 heteroatoms. The molecule has 0 atom stereocenters. The van der Waals surface area contributed by atoms with Gasteiger partial charge in [-0.2, -0.15) is 0 Å². The lowest BCUT2D eigenvalue weighted by Crippen LogP contribution is -2.32. The van der Waals surface area contributed by atoms with Crippen LogP contribution in [0, 0.1) is 34.6 Å². The Labute approximate surface area is 122 Å². The van der Waals surface area contributed by atoms with Gasteiger partial charge in [0.15, 0.2) is 0 Å². The van der Waals surface area contributed by atoms with Crippen LogP contribution >= 0.6 is 0 Å². The summed E-state index contributed by atoms with van der Waals surface area (Å²) in [4.78, 5) is 0. The highest BCUT2D eigenvalue weighted by atomic mass is 15.1. The maximum Gasteiger partial charge on any atom is 0.244 e. The van der Waals surface area contributed by atoms with Gasteiger partial charge in [-0.1, -0.05) is 12.7 Å². The maximum atomic E-state index is 3.78. The van der Waals surface area contributed by atoms with Crippen molar-refractivity contribution in [3.63, 3.8) is 0 Å². The second kappa shape index (κ2) is 5.66. The van der Waals surface area contributed by atoms with Gasteiger partial charge in [0.05, 0.1) is 0 Å². The zero-order chi connectivity index (χ0) is 14.9. The van der Waals surface area contributed by atoms with Crippen LogP contribution in [0.4, 0.5) is 0 Å². The zero-order valence-corrected chi connectivity index (χ0v) is 13.3. The minimum Gasteiger partial charge on any atom is -0.233 e. The first-order valence-corrected chi connectivity index (χ1v) is 7.17. The Morgan fingerprint density at radius 3 is 2.10 bits per heavy atom. The van der Waals surface area contributed by atoms with E-state index in [0.29, 0.717) is 0 Å². The number of allylic oxidation sites excluding steroid dienone is 1. The topological polar surface area (TPSA) is 8.81 Å². The summed E-state index contributed by atoms with van der Waals surface area (Å²) >= 11 is 0. The van der Waals surface area contributed by atoms with Crippen molar-refractivity contribution in [2.45, 2.75) is 47.7 Å². The van der Waals surface area contributed by atoms with Crippen LogP contribution in [-0.2, 0) is 13.1 Å². The fourth-order valence-corrected chi connectivity index (χ4v) is 2.79. The van der Waals surface area contributed by atoms with Crippen LogP contribution in [0.5, 0.6) is 0 Å². The molecule has 0 amide bonds. The van der Waals surface area contributed by atoms with Crippen LogP contribution in [0.25, 0.3) is 0 Å². The molecule has 0 fully saturated rings. The molecule has 0 unspecified atom stereocenters. The van der Waals surface area contributed by atoms with Gasteiger partial charge in [0.25, 0.3) is 0 Å². The molecule has 0 radical (unpaired) electrons. The highest BCUT2D eigenvalue weighted by molar-refractivity contribution is 5.49. The van der Waals surface area contributed by atoms with Gasteiger partial charge in [-0.05, 0) is 68.0 Å². The van der Waals surface area contributed by atoms with Crippen LogP contribution in [0.2, 0.25) is 0 Å². The van der Waals surface area contributed by atoms with Crippen molar-refractivity contribution in [2.24, 2.45) is 0 Å². The van der Waals surface area contributed by atoms with Crippen molar-refractivity contribution in [2.75, 3.05) is 0 Å². The quantitative estimate of drug-likeness (QED) is 0.593.